The Hall–Kier alpha value is -2.61. The Kier molecular flexibility index (Phi) is 5.18. The van der Waals surface area contributed by atoms with Gasteiger partial charge in [0, 0.05) is 12.2 Å². The third-order valence-electron chi connectivity index (χ3n) is 3.58. The second-order valence-corrected chi connectivity index (χ2v) is 6.27. The summed E-state index contributed by atoms with van der Waals surface area (Å²) in [6, 6.07) is 7.89. The molecule has 2 aromatic heterocycles. The SMILES string of the molecule is CCn1c(SCC(=O)Nc2cc(F)ccc2C)nnc1-c1ccco1. The van der Waals surface area contributed by atoms with Crippen molar-refractivity contribution in [3.63, 3.8) is 0 Å². The van der Waals surface area contributed by atoms with Crippen LogP contribution in [0.25, 0.3) is 11.6 Å². The minimum atomic E-state index is -0.387. The van der Waals surface area contributed by atoms with E-state index in [9.17, 15) is 9.18 Å². The summed E-state index contributed by atoms with van der Waals surface area (Å²) >= 11 is 1.27. The van der Waals surface area contributed by atoms with E-state index in [4.69, 9.17) is 4.42 Å². The first kappa shape index (κ1) is 17.2. The predicted octanol–water partition coefficient (Wildman–Crippen LogP) is 3.74. The molecule has 0 bridgehead atoms. The van der Waals surface area contributed by atoms with E-state index >= 15 is 0 Å². The van der Waals surface area contributed by atoms with Crippen LogP contribution >= 0.6 is 11.8 Å². The third-order valence-corrected chi connectivity index (χ3v) is 4.55. The Morgan fingerprint density at radius 1 is 1.36 bits per heavy atom. The van der Waals surface area contributed by atoms with Crippen LogP contribution in [0.5, 0.6) is 0 Å². The first-order chi connectivity index (χ1) is 12.1. The highest BCUT2D eigenvalue weighted by molar-refractivity contribution is 7.99. The van der Waals surface area contributed by atoms with Gasteiger partial charge in [0.2, 0.25) is 5.91 Å². The van der Waals surface area contributed by atoms with Gasteiger partial charge in [0.25, 0.3) is 0 Å². The average Bonchev–Trinajstić information content (AvgIpc) is 3.24. The Morgan fingerprint density at radius 2 is 2.20 bits per heavy atom. The molecule has 1 amide bonds. The van der Waals surface area contributed by atoms with Crippen molar-refractivity contribution in [2.24, 2.45) is 0 Å². The number of halogens is 1. The Morgan fingerprint density at radius 3 is 2.92 bits per heavy atom. The van der Waals surface area contributed by atoms with Crippen molar-refractivity contribution in [3.05, 3.63) is 48.0 Å². The molecule has 0 radical (unpaired) electrons. The highest BCUT2D eigenvalue weighted by Crippen LogP contribution is 2.24. The summed E-state index contributed by atoms with van der Waals surface area (Å²) in [4.78, 5) is 12.2. The van der Waals surface area contributed by atoms with Crippen molar-refractivity contribution in [2.45, 2.75) is 25.5 Å². The number of hydrogen-bond acceptors (Lipinski definition) is 5. The normalized spacial score (nSPS) is 10.8. The van der Waals surface area contributed by atoms with Crippen LogP contribution in [-0.4, -0.2) is 26.4 Å². The van der Waals surface area contributed by atoms with Crippen LogP contribution < -0.4 is 5.32 Å². The van der Waals surface area contributed by atoms with E-state index < -0.39 is 0 Å². The molecule has 0 fully saturated rings. The summed E-state index contributed by atoms with van der Waals surface area (Å²) in [5.41, 5.74) is 1.27. The number of thioether (sulfide) groups is 1. The van der Waals surface area contributed by atoms with Gasteiger partial charge in [-0.25, -0.2) is 4.39 Å². The third kappa shape index (κ3) is 3.90. The van der Waals surface area contributed by atoms with E-state index in [1.54, 1.807) is 18.4 Å². The molecule has 25 heavy (non-hydrogen) atoms. The van der Waals surface area contributed by atoms with Crippen LogP contribution in [0.2, 0.25) is 0 Å². The van der Waals surface area contributed by atoms with E-state index in [1.807, 2.05) is 24.5 Å². The summed E-state index contributed by atoms with van der Waals surface area (Å²) in [5, 5.41) is 11.6. The molecule has 1 aromatic carbocycles. The highest BCUT2D eigenvalue weighted by atomic mass is 32.2. The first-order valence-electron chi connectivity index (χ1n) is 7.74. The lowest BCUT2D eigenvalue weighted by Crippen LogP contribution is -2.15. The number of carbonyl (C=O) groups is 1. The second-order valence-electron chi connectivity index (χ2n) is 5.32. The van der Waals surface area contributed by atoms with Gasteiger partial charge in [-0.3, -0.25) is 9.36 Å². The molecule has 8 heteroatoms. The van der Waals surface area contributed by atoms with Crippen LogP contribution in [0.3, 0.4) is 0 Å². The van der Waals surface area contributed by atoms with Gasteiger partial charge < -0.3 is 9.73 Å². The van der Waals surface area contributed by atoms with Crippen molar-refractivity contribution in [1.82, 2.24) is 14.8 Å². The molecular weight excluding hydrogens is 343 g/mol. The maximum absolute atomic E-state index is 13.3. The zero-order chi connectivity index (χ0) is 17.8. The standard InChI is InChI=1S/C17H17FN4O2S/c1-3-22-16(14-5-4-8-24-14)20-21-17(22)25-10-15(23)19-13-9-12(18)7-6-11(13)2/h4-9H,3,10H2,1-2H3,(H,19,23). The van der Waals surface area contributed by atoms with Crippen molar-refractivity contribution in [1.29, 1.82) is 0 Å². The molecule has 6 nitrogen and oxygen atoms in total. The van der Waals surface area contributed by atoms with Crippen LogP contribution in [0.1, 0.15) is 12.5 Å². The summed E-state index contributed by atoms with van der Waals surface area (Å²) < 4.78 is 20.5. The second kappa shape index (κ2) is 7.52. The molecule has 0 saturated carbocycles. The number of rotatable bonds is 6. The lowest BCUT2D eigenvalue weighted by molar-refractivity contribution is -0.113. The van der Waals surface area contributed by atoms with Crippen LogP contribution in [0.4, 0.5) is 10.1 Å². The van der Waals surface area contributed by atoms with E-state index in [0.717, 1.165) is 5.56 Å². The molecule has 1 N–H and O–H groups in total. The number of aromatic nitrogens is 3. The Balaban J connectivity index is 1.67. The molecule has 0 aliphatic rings. The van der Waals surface area contributed by atoms with Gasteiger partial charge >= 0.3 is 0 Å². The van der Waals surface area contributed by atoms with Crippen LogP contribution in [-0.2, 0) is 11.3 Å². The van der Waals surface area contributed by atoms with Gasteiger partial charge in [0.05, 0.1) is 12.0 Å². The van der Waals surface area contributed by atoms with Crippen molar-refractivity contribution in [2.75, 3.05) is 11.1 Å². The van der Waals surface area contributed by atoms with Crippen molar-refractivity contribution >= 4 is 23.4 Å². The zero-order valence-electron chi connectivity index (χ0n) is 13.8. The summed E-state index contributed by atoms with van der Waals surface area (Å²) in [7, 11) is 0. The number of furan rings is 1. The highest BCUT2D eigenvalue weighted by Gasteiger charge is 2.16. The van der Waals surface area contributed by atoms with Crippen LogP contribution in [0, 0.1) is 12.7 Å². The molecule has 0 spiro atoms. The fraction of sp³-hybridized carbons (Fsp3) is 0.235. The van der Waals surface area contributed by atoms with Gasteiger partial charge in [-0.15, -0.1) is 10.2 Å². The molecule has 0 unspecified atom stereocenters. The molecule has 0 atom stereocenters. The molecular formula is C17H17FN4O2S. The monoisotopic (exact) mass is 360 g/mol. The number of hydrogen-bond donors (Lipinski definition) is 1. The quantitative estimate of drug-likeness (QED) is 0.678. The number of carbonyl (C=O) groups excluding carboxylic acids is 1. The number of nitrogens with zero attached hydrogens (tertiary/aromatic N) is 3. The van der Waals surface area contributed by atoms with E-state index in [1.165, 1.54) is 23.9 Å². The lowest BCUT2D eigenvalue weighted by atomic mass is 10.2. The number of benzene rings is 1. The summed E-state index contributed by atoms with van der Waals surface area (Å²) in [6.45, 7) is 4.43. The average molecular weight is 360 g/mol. The zero-order valence-corrected chi connectivity index (χ0v) is 14.6. The van der Waals surface area contributed by atoms with E-state index in [-0.39, 0.29) is 17.5 Å². The van der Waals surface area contributed by atoms with Gasteiger partial charge in [-0.05, 0) is 43.7 Å². The fourth-order valence-electron chi connectivity index (χ4n) is 2.31. The van der Waals surface area contributed by atoms with Gasteiger partial charge in [0.1, 0.15) is 5.82 Å². The largest absolute Gasteiger partial charge is 0.461 e. The number of nitrogens with one attached hydrogen (secondary N) is 1. The molecule has 0 aliphatic heterocycles. The molecule has 2 heterocycles. The first-order valence-corrected chi connectivity index (χ1v) is 8.73. The number of anilines is 1. The molecule has 0 saturated heterocycles. The summed E-state index contributed by atoms with van der Waals surface area (Å²) in [6.07, 6.45) is 1.57. The molecule has 3 aromatic rings. The maximum Gasteiger partial charge on any atom is 0.234 e. The van der Waals surface area contributed by atoms with Crippen molar-refractivity contribution in [3.8, 4) is 11.6 Å². The van der Waals surface area contributed by atoms with Crippen molar-refractivity contribution < 1.29 is 13.6 Å². The smallest absolute Gasteiger partial charge is 0.234 e. The lowest BCUT2D eigenvalue weighted by Gasteiger charge is -2.09. The minimum absolute atomic E-state index is 0.145. The predicted molar refractivity (Wildman–Crippen MR) is 93.9 cm³/mol. The minimum Gasteiger partial charge on any atom is -0.461 e. The summed E-state index contributed by atoms with van der Waals surface area (Å²) in [5.74, 6) is 0.773. The number of amides is 1. The van der Waals surface area contributed by atoms with E-state index in [0.29, 0.717) is 29.0 Å². The van der Waals surface area contributed by atoms with E-state index in [2.05, 4.69) is 15.5 Å². The Labute approximate surface area is 148 Å². The Bertz CT molecular complexity index is 877. The maximum atomic E-state index is 13.3. The fourth-order valence-corrected chi connectivity index (χ4v) is 3.12. The van der Waals surface area contributed by atoms with Gasteiger partial charge in [-0.1, -0.05) is 17.8 Å². The van der Waals surface area contributed by atoms with Crippen LogP contribution in [0.15, 0.2) is 46.2 Å². The molecule has 0 aliphatic carbocycles. The van der Waals surface area contributed by atoms with Gasteiger partial charge in [-0.2, -0.15) is 0 Å². The topological polar surface area (TPSA) is 73.0 Å². The molecule has 3 rings (SSSR count). The van der Waals surface area contributed by atoms with Gasteiger partial charge in [0.15, 0.2) is 16.7 Å². The number of aryl methyl sites for hydroxylation is 1. The molecule has 130 valence electrons.